The molecule has 0 radical (unpaired) electrons. The summed E-state index contributed by atoms with van der Waals surface area (Å²) in [5, 5.41) is 10.9. The molecule has 0 bridgehead atoms. The number of halogens is 3. The number of anilines is 1. The van der Waals surface area contributed by atoms with Gasteiger partial charge in [0.15, 0.2) is 16.6 Å². The van der Waals surface area contributed by atoms with Gasteiger partial charge in [-0.1, -0.05) is 17.4 Å². The Morgan fingerprint density at radius 2 is 2.10 bits per heavy atom. The van der Waals surface area contributed by atoms with Crippen LogP contribution in [0, 0.1) is 0 Å². The molecule has 3 rings (SSSR count). The van der Waals surface area contributed by atoms with E-state index < -0.39 is 11.1 Å². The summed E-state index contributed by atoms with van der Waals surface area (Å²) in [4.78, 5) is 2.96. The Labute approximate surface area is 115 Å². The third-order valence-electron chi connectivity index (χ3n) is 2.57. The molecule has 0 aliphatic heterocycles. The number of nitrogens with zero attached hydrogens (tertiary/aromatic N) is 4. The van der Waals surface area contributed by atoms with Crippen molar-refractivity contribution in [3.05, 3.63) is 41.3 Å². The van der Waals surface area contributed by atoms with Gasteiger partial charge in [0.2, 0.25) is 0 Å². The van der Waals surface area contributed by atoms with Gasteiger partial charge < -0.3 is 5.32 Å². The minimum Gasteiger partial charge on any atom is -0.354 e. The van der Waals surface area contributed by atoms with Crippen LogP contribution in [0.4, 0.5) is 18.3 Å². The number of aromatic nitrogens is 4. The highest BCUT2D eigenvalue weighted by Crippen LogP contribution is 2.35. The van der Waals surface area contributed by atoms with Crippen molar-refractivity contribution in [1.82, 2.24) is 19.6 Å². The molecule has 0 aromatic carbocycles. The van der Waals surface area contributed by atoms with Crippen LogP contribution in [0.3, 0.4) is 0 Å². The predicted octanol–water partition coefficient (Wildman–Crippen LogP) is 2.82. The molecule has 0 saturated carbocycles. The van der Waals surface area contributed by atoms with Gasteiger partial charge in [-0.25, -0.2) is 4.98 Å². The molecule has 0 fully saturated rings. The highest BCUT2D eigenvalue weighted by molar-refractivity contribution is 7.15. The van der Waals surface area contributed by atoms with E-state index in [1.807, 2.05) is 12.1 Å². The molecule has 1 N–H and O–H groups in total. The Morgan fingerprint density at radius 1 is 1.25 bits per heavy atom. The third kappa shape index (κ3) is 2.44. The highest BCUT2D eigenvalue weighted by Gasteiger charge is 2.33. The molecule has 0 amide bonds. The maximum Gasteiger partial charge on any atom is 0.427 e. The van der Waals surface area contributed by atoms with E-state index in [2.05, 4.69) is 20.5 Å². The van der Waals surface area contributed by atoms with Gasteiger partial charge in [0.1, 0.15) is 4.88 Å². The van der Waals surface area contributed by atoms with E-state index >= 15 is 0 Å². The normalized spacial score (nSPS) is 11.9. The first-order chi connectivity index (χ1) is 9.54. The Bertz CT molecular complexity index is 733. The fourth-order valence-corrected chi connectivity index (χ4v) is 2.33. The first-order valence-electron chi connectivity index (χ1n) is 5.59. The second kappa shape index (κ2) is 4.75. The van der Waals surface area contributed by atoms with E-state index in [-0.39, 0.29) is 11.7 Å². The fourth-order valence-electron chi connectivity index (χ4n) is 1.65. The van der Waals surface area contributed by atoms with Crippen LogP contribution < -0.4 is 5.32 Å². The minimum absolute atomic E-state index is 0.199. The maximum absolute atomic E-state index is 12.4. The summed E-state index contributed by atoms with van der Waals surface area (Å²) in [6.07, 6.45) is -1.76. The summed E-state index contributed by atoms with van der Waals surface area (Å²) in [5.41, 5.74) is 0.680. The van der Waals surface area contributed by atoms with Crippen LogP contribution >= 0.6 is 11.3 Å². The molecule has 3 heterocycles. The lowest BCUT2D eigenvalue weighted by Gasteiger charge is -2.01. The summed E-state index contributed by atoms with van der Waals surface area (Å²) >= 11 is 0.562. The Balaban J connectivity index is 1.75. The number of thiazole rings is 1. The van der Waals surface area contributed by atoms with Gasteiger partial charge in [0.25, 0.3) is 0 Å². The van der Waals surface area contributed by atoms with E-state index in [1.54, 1.807) is 16.7 Å². The van der Waals surface area contributed by atoms with E-state index in [9.17, 15) is 13.2 Å². The molecule has 9 heteroatoms. The molecular formula is C11H8F3N5S. The smallest absolute Gasteiger partial charge is 0.354 e. The number of pyridine rings is 1. The Morgan fingerprint density at radius 3 is 2.85 bits per heavy atom. The van der Waals surface area contributed by atoms with Crippen molar-refractivity contribution in [2.45, 2.75) is 12.7 Å². The molecule has 3 aromatic rings. The molecule has 104 valence electrons. The van der Waals surface area contributed by atoms with Crippen LogP contribution in [0.1, 0.15) is 10.7 Å². The Hall–Kier alpha value is -2.16. The monoisotopic (exact) mass is 299 g/mol. The summed E-state index contributed by atoms with van der Waals surface area (Å²) in [6.45, 7) is 0.246. The highest BCUT2D eigenvalue weighted by atomic mass is 32.1. The van der Waals surface area contributed by atoms with Crippen molar-refractivity contribution in [3.8, 4) is 0 Å². The molecule has 3 aromatic heterocycles. The molecule has 20 heavy (non-hydrogen) atoms. The van der Waals surface area contributed by atoms with Crippen LogP contribution in [0.5, 0.6) is 0 Å². The molecule has 0 aliphatic rings. The predicted molar refractivity (Wildman–Crippen MR) is 67.4 cm³/mol. The molecule has 5 nitrogen and oxygen atoms in total. The van der Waals surface area contributed by atoms with Gasteiger partial charge in [-0.05, 0) is 12.1 Å². The zero-order valence-corrected chi connectivity index (χ0v) is 10.7. The van der Waals surface area contributed by atoms with Crippen molar-refractivity contribution < 1.29 is 13.2 Å². The first-order valence-corrected chi connectivity index (χ1v) is 6.41. The summed E-state index contributed by atoms with van der Waals surface area (Å²) in [6, 6.07) is 5.45. The second-order valence-electron chi connectivity index (χ2n) is 3.93. The fraction of sp³-hybridized carbons (Fsp3) is 0.182. The van der Waals surface area contributed by atoms with E-state index in [0.29, 0.717) is 22.8 Å². The lowest BCUT2D eigenvalue weighted by molar-refractivity contribution is -0.134. The van der Waals surface area contributed by atoms with Crippen molar-refractivity contribution in [1.29, 1.82) is 0 Å². The number of rotatable bonds is 3. The van der Waals surface area contributed by atoms with Crippen LogP contribution in [-0.2, 0) is 12.7 Å². The zero-order valence-electron chi connectivity index (χ0n) is 9.92. The van der Waals surface area contributed by atoms with Gasteiger partial charge in [-0.15, -0.1) is 10.2 Å². The van der Waals surface area contributed by atoms with Gasteiger partial charge in [-0.3, -0.25) is 4.40 Å². The third-order valence-corrected chi connectivity index (χ3v) is 3.57. The second-order valence-corrected chi connectivity index (χ2v) is 4.96. The zero-order chi connectivity index (χ0) is 14.2. The van der Waals surface area contributed by atoms with Crippen molar-refractivity contribution in [2.75, 3.05) is 5.32 Å². The van der Waals surface area contributed by atoms with Crippen molar-refractivity contribution in [2.24, 2.45) is 0 Å². The minimum atomic E-state index is -4.36. The van der Waals surface area contributed by atoms with Crippen LogP contribution in [0.2, 0.25) is 0 Å². The van der Waals surface area contributed by atoms with Crippen LogP contribution in [0.25, 0.3) is 5.65 Å². The standard InChI is InChI=1S/C11H8F3N5S/c12-11(13,14)7-5-15-10(20-7)16-6-9-18-17-8-3-1-2-4-19(8)9/h1-5H,6H2,(H,15,16). The van der Waals surface area contributed by atoms with E-state index in [1.165, 1.54) is 0 Å². The van der Waals surface area contributed by atoms with Crippen molar-refractivity contribution in [3.63, 3.8) is 0 Å². The number of alkyl halides is 3. The number of fused-ring (bicyclic) bond motifs is 1. The van der Waals surface area contributed by atoms with Crippen LogP contribution in [0.15, 0.2) is 30.6 Å². The topological polar surface area (TPSA) is 55.1 Å². The number of hydrogen-bond acceptors (Lipinski definition) is 5. The molecule has 0 saturated heterocycles. The molecular weight excluding hydrogens is 291 g/mol. The average Bonchev–Trinajstić information content (AvgIpc) is 3.02. The lowest BCUT2D eigenvalue weighted by atomic mass is 10.4. The van der Waals surface area contributed by atoms with Crippen molar-refractivity contribution >= 4 is 22.1 Å². The summed E-state index contributed by atoms with van der Waals surface area (Å²) < 4.78 is 39.1. The summed E-state index contributed by atoms with van der Waals surface area (Å²) in [5.74, 6) is 0.601. The molecule has 0 atom stereocenters. The van der Waals surface area contributed by atoms with Gasteiger partial charge in [0.05, 0.1) is 12.7 Å². The SMILES string of the molecule is FC(F)(F)c1cnc(NCc2nnc3ccccn23)s1. The number of hydrogen-bond donors (Lipinski definition) is 1. The van der Waals surface area contributed by atoms with E-state index in [4.69, 9.17) is 0 Å². The number of nitrogens with one attached hydrogen (secondary N) is 1. The van der Waals surface area contributed by atoms with Gasteiger partial charge in [0, 0.05) is 6.20 Å². The van der Waals surface area contributed by atoms with Gasteiger partial charge >= 0.3 is 6.18 Å². The van der Waals surface area contributed by atoms with Crippen LogP contribution in [-0.4, -0.2) is 19.6 Å². The summed E-state index contributed by atoms with van der Waals surface area (Å²) in [7, 11) is 0. The first kappa shape index (κ1) is 12.9. The quantitative estimate of drug-likeness (QED) is 0.808. The lowest BCUT2D eigenvalue weighted by Crippen LogP contribution is -2.03. The molecule has 0 spiro atoms. The van der Waals surface area contributed by atoms with E-state index in [0.717, 1.165) is 6.20 Å². The Kier molecular flexibility index (Phi) is 3.05. The molecule has 0 unspecified atom stereocenters. The maximum atomic E-state index is 12.4. The largest absolute Gasteiger partial charge is 0.427 e. The average molecular weight is 299 g/mol. The van der Waals surface area contributed by atoms with Gasteiger partial charge in [-0.2, -0.15) is 13.2 Å². The molecule has 0 aliphatic carbocycles.